The quantitative estimate of drug-likeness (QED) is 0.754. The second-order valence-corrected chi connectivity index (χ2v) is 9.22. The van der Waals surface area contributed by atoms with Crippen LogP contribution in [0.25, 0.3) is 5.69 Å². The fourth-order valence-corrected chi connectivity index (χ4v) is 4.53. The predicted octanol–water partition coefficient (Wildman–Crippen LogP) is 4.32. The minimum absolute atomic E-state index is 0.0998. The second-order valence-electron chi connectivity index (χ2n) is 7.91. The lowest BCUT2D eigenvalue weighted by atomic mass is 9.86. The number of nitrogens with zero attached hydrogens (tertiary/aromatic N) is 3. The van der Waals surface area contributed by atoms with Crippen LogP contribution in [0.1, 0.15) is 64.1 Å². The van der Waals surface area contributed by atoms with E-state index in [1.54, 1.807) is 0 Å². The van der Waals surface area contributed by atoms with Crippen LogP contribution < -0.4 is 5.32 Å². The van der Waals surface area contributed by atoms with Crippen LogP contribution in [0.15, 0.2) is 35.5 Å². The van der Waals surface area contributed by atoms with Gasteiger partial charge in [-0.15, -0.1) is 5.10 Å². The largest absolute Gasteiger partial charge is 0.352 e. The molecule has 0 unspecified atom stereocenters. The van der Waals surface area contributed by atoms with Crippen LogP contribution in [0.3, 0.4) is 0 Å². The van der Waals surface area contributed by atoms with Gasteiger partial charge in [0, 0.05) is 12.0 Å². The summed E-state index contributed by atoms with van der Waals surface area (Å²) in [6.07, 6.45) is 7.14. The molecule has 1 N–H and O–H groups in total. The van der Waals surface area contributed by atoms with Gasteiger partial charge < -0.3 is 5.32 Å². The fourth-order valence-electron chi connectivity index (χ4n) is 3.76. The highest BCUT2D eigenvalue weighted by atomic mass is 32.2. The Bertz CT molecular complexity index is 787. The van der Waals surface area contributed by atoms with Gasteiger partial charge in [0.05, 0.1) is 10.9 Å². The molecular weight excluding hydrogens is 356 g/mol. The van der Waals surface area contributed by atoms with E-state index in [1.165, 1.54) is 43.9 Å². The Labute approximate surface area is 165 Å². The Morgan fingerprint density at radius 3 is 2.63 bits per heavy atom. The summed E-state index contributed by atoms with van der Waals surface area (Å²) in [5.74, 6) is 2.19. The van der Waals surface area contributed by atoms with Gasteiger partial charge in [-0.1, -0.05) is 49.7 Å². The van der Waals surface area contributed by atoms with Crippen LogP contribution in [-0.2, 0) is 4.79 Å². The molecule has 4 rings (SSSR count). The highest BCUT2D eigenvalue weighted by Gasteiger charge is 2.31. The van der Waals surface area contributed by atoms with Crippen molar-refractivity contribution in [1.82, 2.24) is 20.1 Å². The second kappa shape index (κ2) is 8.05. The average Bonchev–Trinajstić information content (AvgIpc) is 3.44. The van der Waals surface area contributed by atoms with Crippen molar-refractivity contribution in [2.75, 3.05) is 0 Å². The summed E-state index contributed by atoms with van der Waals surface area (Å²) < 4.78 is 1.95. The molecule has 1 amide bonds. The van der Waals surface area contributed by atoms with E-state index in [4.69, 9.17) is 10.1 Å². The van der Waals surface area contributed by atoms with Gasteiger partial charge in [-0.25, -0.2) is 9.67 Å². The standard InChI is InChI=1S/C21H28N4OS/c1-14-8-6-7-11-18(14)22-20(26)15(2)27-21-23-19(16-12-13-16)25(24-21)17-9-4-3-5-10-17/h3-5,9-10,14-16,18H,6-8,11-13H2,1-2H3,(H,22,26)/t14-,15-,18-/m1/s1. The summed E-state index contributed by atoms with van der Waals surface area (Å²) in [6.45, 7) is 4.19. The van der Waals surface area contributed by atoms with Crippen LogP contribution in [0.5, 0.6) is 0 Å². The molecule has 27 heavy (non-hydrogen) atoms. The Morgan fingerprint density at radius 2 is 1.93 bits per heavy atom. The number of nitrogens with one attached hydrogen (secondary N) is 1. The fraction of sp³-hybridized carbons (Fsp3) is 0.571. The smallest absolute Gasteiger partial charge is 0.233 e. The normalized spacial score (nSPS) is 23.8. The van der Waals surface area contributed by atoms with Crippen molar-refractivity contribution >= 4 is 17.7 Å². The average molecular weight is 385 g/mol. The van der Waals surface area contributed by atoms with Gasteiger partial charge in [0.25, 0.3) is 0 Å². The third kappa shape index (κ3) is 4.37. The summed E-state index contributed by atoms with van der Waals surface area (Å²) in [5.41, 5.74) is 1.03. The van der Waals surface area contributed by atoms with Crippen LogP contribution in [0.2, 0.25) is 0 Å². The third-order valence-corrected chi connectivity index (χ3v) is 6.60. The van der Waals surface area contributed by atoms with Gasteiger partial charge in [-0.05, 0) is 50.7 Å². The minimum Gasteiger partial charge on any atom is -0.352 e. The molecule has 0 bridgehead atoms. The van der Waals surface area contributed by atoms with E-state index in [1.807, 2.05) is 29.8 Å². The first kappa shape index (κ1) is 18.5. The lowest BCUT2D eigenvalue weighted by Crippen LogP contribution is -2.44. The lowest BCUT2D eigenvalue weighted by molar-refractivity contribution is -0.121. The monoisotopic (exact) mass is 384 g/mol. The highest BCUT2D eigenvalue weighted by Crippen LogP contribution is 2.40. The van der Waals surface area contributed by atoms with Gasteiger partial charge in [0.2, 0.25) is 11.1 Å². The maximum Gasteiger partial charge on any atom is 0.233 e. The molecule has 5 nitrogen and oxygen atoms in total. The Balaban J connectivity index is 1.45. The molecule has 2 fully saturated rings. The topological polar surface area (TPSA) is 59.8 Å². The van der Waals surface area contributed by atoms with Gasteiger partial charge in [0.1, 0.15) is 5.82 Å². The van der Waals surface area contributed by atoms with Crippen molar-refractivity contribution in [3.63, 3.8) is 0 Å². The summed E-state index contributed by atoms with van der Waals surface area (Å²) in [6, 6.07) is 10.5. The zero-order chi connectivity index (χ0) is 18.8. The first-order valence-corrected chi connectivity index (χ1v) is 11.0. The number of carbonyl (C=O) groups excluding carboxylic acids is 1. The van der Waals surface area contributed by atoms with Gasteiger partial charge in [-0.3, -0.25) is 4.79 Å². The summed E-state index contributed by atoms with van der Waals surface area (Å²) in [5, 5.41) is 8.47. The number of benzene rings is 1. The number of amides is 1. The number of carbonyl (C=O) groups is 1. The summed E-state index contributed by atoms with van der Waals surface area (Å²) in [4.78, 5) is 17.4. The van der Waals surface area contributed by atoms with Crippen LogP contribution in [-0.4, -0.2) is 32.0 Å². The third-order valence-electron chi connectivity index (χ3n) is 5.65. The highest BCUT2D eigenvalue weighted by molar-refractivity contribution is 8.00. The molecule has 2 aliphatic rings. The lowest BCUT2D eigenvalue weighted by Gasteiger charge is -2.30. The van der Waals surface area contributed by atoms with E-state index in [0.29, 0.717) is 23.0 Å². The first-order valence-electron chi connectivity index (χ1n) is 10.1. The van der Waals surface area contributed by atoms with Crippen LogP contribution in [0, 0.1) is 5.92 Å². The Kier molecular flexibility index (Phi) is 5.53. The Hall–Kier alpha value is -1.82. The SMILES string of the molecule is C[C@@H]1CCCC[C@H]1NC(=O)[C@@H](C)Sc1nc(C2CC2)n(-c2ccccc2)n1. The van der Waals surface area contributed by atoms with Crippen LogP contribution in [0.4, 0.5) is 0 Å². The van der Waals surface area contributed by atoms with E-state index in [0.717, 1.165) is 17.9 Å². The molecule has 144 valence electrons. The van der Waals surface area contributed by atoms with Gasteiger partial charge >= 0.3 is 0 Å². The molecule has 2 saturated carbocycles. The maximum atomic E-state index is 12.7. The number of hydrogen-bond acceptors (Lipinski definition) is 4. The molecule has 3 atom stereocenters. The summed E-state index contributed by atoms with van der Waals surface area (Å²) >= 11 is 1.46. The van der Waals surface area contributed by atoms with Gasteiger partial charge in [0.15, 0.2) is 0 Å². The molecule has 0 saturated heterocycles. The van der Waals surface area contributed by atoms with E-state index < -0.39 is 0 Å². The molecule has 1 heterocycles. The summed E-state index contributed by atoms with van der Waals surface area (Å²) in [7, 11) is 0. The zero-order valence-electron chi connectivity index (χ0n) is 16.1. The Morgan fingerprint density at radius 1 is 1.19 bits per heavy atom. The minimum atomic E-state index is -0.196. The van der Waals surface area contributed by atoms with E-state index in [-0.39, 0.29) is 11.2 Å². The van der Waals surface area contributed by atoms with Crippen LogP contribution >= 0.6 is 11.8 Å². The number of thioether (sulfide) groups is 1. The molecular formula is C21H28N4OS. The van der Waals surface area contributed by atoms with Gasteiger partial charge in [-0.2, -0.15) is 0 Å². The molecule has 6 heteroatoms. The molecule has 1 aromatic heterocycles. The molecule has 2 aliphatic carbocycles. The van der Waals surface area contributed by atoms with E-state index in [2.05, 4.69) is 24.4 Å². The number of para-hydroxylation sites is 1. The predicted molar refractivity (Wildman–Crippen MR) is 108 cm³/mol. The van der Waals surface area contributed by atoms with Crippen molar-refractivity contribution in [2.45, 2.75) is 74.7 Å². The number of rotatable bonds is 6. The van der Waals surface area contributed by atoms with Crippen molar-refractivity contribution in [3.05, 3.63) is 36.2 Å². The van der Waals surface area contributed by atoms with E-state index >= 15 is 0 Å². The molecule has 2 aromatic rings. The number of hydrogen-bond donors (Lipinski definition) is 1. The van der Waals surface area contributed by atoms with Crippen molar-refractivity contribution in [3.8, 4) is 5.69 Å². The number of aromatic nitrogens is 3. The van der Waals surface area contributed by atoms with E-state index in [9.17, 15) is 4.79 Å². The molecule has 0 radical (unpaired) electrons. The van der Waals surface area contributed by atoms with Crippen molar-refractivity contribution in [1.29, 1.82) is 0 Å². The maximum absolute atomic E-state index is 12.7. The molecule has 0 spiro atoms. The van der Waals surface area contributed by atoms with Crippen molar-refractivity contribution in [2.24, 2.45) is 5.92 Å². The molecule has 0 aliphatic heterocycles. The molecule has 1 aromatic carbocycles. The first-order chi connectivity index (χ1) is 13.1. The van der Waals surface area contributed by atoms with Crippen molar-refractivity contribution < 1.29 is 4.79 Å². The zero-order valence-corrected chi connectivity index (χ0v) is 16.9.